The van der Waals surface area contributed by atoms with Gasteiger partial charge in [-0.2, -0.15) is 0 Å². The maximum Gasteiger partial charge on any atom is 0.230 e. The molecular formula is C24H23N5OS. The van der Waals surface area contributed by atoms with Crippen LogP contribution in [0.25, 0.3) is 22.5 Å². The Bertz CT molecular complexity index is 1140. The van der Waals surface area contributed by atoms with Crippen LogP contribution in [0.4, 0.5) is 0 Å². The maximum atomic E-state index is 12.5. The molecule has 0 aliphatic rings. The monoisotopic (exact) mass is 429 g/mol. The van der Waals surface area contributed by atoms with Crippen molar-refractivity contribution in [3.8, 4) is 22.5 Å². The first-order chi connectivity index (χ1) is 15.1. The van der Waals surface area contributed by atoms with Gasteiger partial charge in [0.1, 0.15) is 0 Å². The van der Waals surface area contributed by atoms with E-state index in [9.17, 15) is 4.79 Å². The molecule has 2 aromatic heterocycles. The molecule has 4 rings (SSSR count). The lowest BCUT2D eigenvalue weighted by Gasteiger charge is -2.15. The van der Waals surface area contributed by atoms with E-state index in [4.69, 9.17) is 0 Å². The van der Waals surface area contributed by atoms with Gasteiger partial charge in [-0.15, -0.1) is 10.2 Å². The Morgan fingerprint density at radius 2 is 1.68 bits per heavy atom. The van der Waals surface area contributed by atoms with Gasteiger partial charge in [-0.3, -0.25) is 9.78 Å². The number of pyridine rings is 1. The zero-order valence-corrected chi connectivity index (χ0v) is 18.2. The molecular weight excluding hydrogens is 406 g/mol. The Kier molecular flexibility index (Phi) is 6.43. The highest BCUT2D eigenvalue weighted by molar-refractivity contribution is 7.99. The molecule has 1 N–H and O–H groups in total. The quantitative estimate of drug-likeness (QED) is 0.438. The van der Waals surface area contributed by atoms with Gasteiger partial charge in [0, 0.05) is 25.0 Å². The molecule has 7 heteroatoms. The number of thioether (sulfide) groups is 1. The summed E-state index contributed by atoms with van der Waals surface area (Å²) in [6.45, 7) is 1.99. The number of amides is 1. The third-order valence-corrected chi connectivity index (χ3v) is 6.00. The zero-order chi connectivity index (χ0) is 21.6. The fraction of sp³-hybridized carbons (Fsp3) is 0.167. The number of hydrogen-bond donors (Lipinski definition) is 1. The Labute approximate surface area is 185 Å². The number of carbonyl (C=O) groups excluding carboxylic acids is 1. The van der Waals surface area contributed by atoms with Crippen LogP contribution in [-0.4, -0.2) is 31.4 Å². The van der Waals surface area contributed by atoms with Crippen LogP contribution < -0.4 is 5.32 Å². The Hall–Kier alpha value is -3.45. The van der Waals surface area contributed by atoms with Gasteiger partial charge in [-0.1, -0.05) is 66.4 Å². The van der Waals surface area contributed by atoms with Gasteiger partial charge in [0.15, 0.2) is 11.0 Å². The van der Waals surface area contributed by atoms with E-state index in [-0.39, 0.29) is 17.7 Å². The van der Waals surface area contributed by atoms with Crippen LogP contribution in [0.2, 0.25) is 0 Å². The molecule has 0 saturated heterocycles. The molecule has 1 amide bonds. The van der Waals surface area contributed by atoms with E-state index in [1.165, 1.54) is 17.3 Å². The van der Waals surface area contributed by atoms with Crippen molar-refractivity contribution < 1.29 is 4.79 Å². The van der Waals surface area contributed by atoms with Crippen LogP contribution in [-0.2, 0) is 11.8 Å². The van der Waals surface area contributed by atoms with E-state index >= 15 is 0 Å². The molecule has 2 heterocycles. The SMILES string of the molecule is CC(NC(=O)CSc1nnc(-c2cccnc2)n1C)c1ccc(-c2ccccc2)cc1. The predicted molar refractivity (Wildman–Crippen MR) is 123 cm³/mol. The van der Waals surface area contributed by atoms with Gasteiger partial charge in [0.25, 0.3) is 0 Å². The van der Waals surface area contributed by atoms with E-state index in [0.717, 1.165) is 22.5 Å². The first kappa shape index (κ1) is 20.8. The summed E-state index contributed by atoms with van der Waals surface area (Å²) in [5, 5.41) is 12.2. The number of benzene rings is 2. The highest BCUT2D eigenvalue weighted by atomic mass is 32.2. The van der Waals surface area contributed by atoms with Crippen LogP contribution in [0.15, 0.2) is 84.3 Å². The van der Waals surface area contributed by atoms with E-state index in [1.54, 1.807) is 12.4 Å². The van der Waals surface area contributed by atoms with Crippen molar-refractivity contribution >= 4 is 17.7 Å². The minimum Gasteiger partial charge on any atom is -0.349 e. The average Bonchev–Trinajstić information content (AvgIpc) is 3.19. The van der Waals surface area contributed by atoms with Gasteiger partial charge in [-0.05, 0) is 35.7 Å². The van der Waals surface area contributed by atoms with Crippen molar-refractivity contribution in [2.24, 2.45) is 7.05 Å². The lowest BCUT2D eigenvalue weighted by Crippen LogP contribution is -2.28. The third kappa shape index (κ3) is 5.00. The highest BCUT2D eigenvalue weighted by Gasteiger charge is 2.15. The van der Waals surface area contributed by atoms with E-state index < -0.39 is 0 Å². The molecule has 6 nitrogen and oxygen atoms in total. The van der Waals surface area contributed by atoms with Crippen molar-refractivity contribution in [2.75, 3.05) is 5.75 Å². The van der Waals surface area contributed by atoms with Crippen LogP contribution >= 0.6 is 11.8 Å². The standard InChI is InChI=1S/C24H23N5OS/c1-17(18-10-12-20(13-11-18)19-7-4-3-5-8-19)26-22(30)16-31-24-28-27-23(29(24)2)21-9-6-14-25-15-21/h3-15,17H,16H2,1-2H3,(H,26,30). The molecule has 156 valence electrons. The lowest BCUT2D eigenvalue weighted by atomic mass is 10.0. The number of rotatable bonds is 7. The number of carbonyl (C=O) groups is 1. The molecule has 1 unspecified atom stereocenters. The van der Waals surface area contributed by atoms with E-state index in [2.05, 4.69) is 56.9 Å². The van der Waals surface area contributed by atoms with Crippen molar-refractivity contribution in [1.29, 1.82) is 0 Å². The highest BCUT2D eigenvalue weighted by Crippen LogP contribution is 2.23. The minimum absolute atomic E-state index is 0.0458. The molecule has 0 saturated carbocycles. The molecule has 0 spiro atoms. The summed E-state index contributed by atoms with van der Waals surface area (Å²) in [5.41, 5.74) is 4.29. The van der Waals surface area contributed by atoms with Crippen LogP contribution in [0.3, 0.4) is 0 Å². The Balaban J connectivity index is 1.33. The predicted octanol–water partition coefficient (Wildman–Crippen LogP) is 4.51. The van der Waals surface area contributed by atoms with Gasteiger partial charge < -0.3 is 9.88 Å². The smallest absolute Gasteiger partial charge is 0.230 e. The normalized spacial score (nSPS) is 11.8. The third-order valence-electron chi connectivity index (χ3n) is 4.98. The van der Waals surface area contributed by atoms with Gasteiger partial charge >= 0.3 is 0 Å². The lowest BCUT2D eigenvalue weighted by molar-refractivity contribution is -0.119. The molecule has 0 fully saturated rings. The second-order valence-electron chi connectivity index (χ2n) is 7.17. The first-order valence-electron chi connectivity index (χ1n) is 9.99. The van der Waals surface area contributed by atoms with Crippen LogP contribution in [0.1, 0.15) is 18.5 Å². The maximum absolute atomic E-state index is 12.5. The molecule has 0 bridgehead atoms. The average molecular weight is 430 g/mol. The van der Waals surface area contributed by atoms with Gasteiger partial charge in [-0.25, -0.2) is 0 Å². The second kappa shape index (κ2) is 9.57. The summed E-state index contributed by atoms with van der Waals surface area (Å²) in [7, 11) is 1.89. The van der Waals surface area contributed by atoms with Crippen molar-refractivity contribution in [2.45, 2.75) is 18.1 Å². The molecule has 2 aromatic carbocycles. The number of aromatic nitrogens is 4. The van der Waals surface area contributed by atoms with Crippen molar-refractivity contribution in [3.05, 3.63) is 84.7 Å². The molecule has 0 aliphatic carbocycles. The Morgan fingerprint density at radius 3 is 2.39 bits per heavy atom. The minimum atomic E-state index is -0.0802. The number of nitrogens with zero attached hydrogens (tertiary/aromatic N) is 4. The van der Waals surface area contributed by atoms with Crippen LogP contribution in [0.5, 0.6) is 0 Å². The number of nitrogens with one attached hydrogen (secondary N) is 1. The topological polar surface area (TPSA) is 72.7 Å². The summed E-state index contributed by atoms with van der Waals surface area (Å²) in [6.07, 6.45) is 3.46. The van der Waals surface area contributed by atoms with Crippen molar-refractivity contribution in [3.63, 3.8) is 0 Å². The summed E-state index contributed by atoms with van der Waals surface area (Å²) >= 11 is 1.36. The molecule has 4 aromatic rings. The van der Waals surface area contributed by atoms with Gasteiger partial charge in [0.2, 0.25) is 5.91 Å². The molecule has 0 radical (unpaired) electrons. The molecule has 31 heavy (non-hydrogen) atoms. The summed E-state index contributed by atoms with van der Waals surface area (Å²) < 4.78 is 1.88. The number of hydrogen-bond acceptors (Lipinski definition) is 5. The summed E-state index contributed by atoms with van der Waals surface area (Å²) in [5.74, 6) is 0.948. The largest absolute Gasteiger partial charge is 0.349 e. The summed E-state index contributed by atoms with van der Waals surface area (Å²) in [6, 6.07) is 22.2. The van der Waals surface area contributed by atoms with Crippen molar-refractivity contribution in [1.82, 2.24) is 25.1 Å². The Morgan fingerprint density at radius 1 is 0.968 bits per heavy atom. The van der Waals surface area contributed by atoms with Gasteiger partial charge in [0.05, 0.1) is 11.8 Å². The molecule has 1 atom stereocenters. The first-order valence-corrected chi connectivity index (χ1v) is 11.0. The second-order valence-corrected chi connectivity index (χ2v) is 8.12. The van der Waals surface area contributed by atoms with E-state index in [1.807, 2.05) is 48.9 Å². The fourth-order valence-electron chi connectivity index (χ4n) is 3.28. The van der Waals surface area contributed by atoms with E-state index in [0.29, 0.717) is 5.16 Å². The fourth-order valence-corrected chi connectivity index (χ4v) is 4.00. The zero-order valence-electron chi connectivity index (χ0n) is 17.4. The van der Waals surface area contributed by atoms with Crippen LogP contribution in [0, 0.1) is 0 Å². The molecule has 0 aliphatic heterocycles. The summed E-state index contributed by atoms with van der Waals surface area (Å²) in [4.78, 5) is 16.6.